The lowest BCUT2D eigenvalue weighted by Crippen LogP contribution is -2.30. The summed E-state index contributed by atoms with van der Waals surface area (Å²) in [5.41, 5.74) is 2.71. The number of phenolic OH excluding ortho intramolecular Hbond substituents is 1. The van der Waals surface area contributed by atoms with Crippen LogP contribution in [0.2, 0.25) is 0 Å². The summed E-state index contributed by atoms with van der Waals surface area (Å²) in [6.45, 7) is 2.23. The molecule has 3 unspecified atom stereocenters. The van der Waals surface area contributed by atoms with Crippen molar-refractivity contribution in [2.45, 2.75) is 37.8 Å². The van der Waals surface area contributed by atoms with Gasteiger partial charge in [-0.05, 0) is 43.0 Å². The molecule has 0 saturated heterocycles. The van der Waals surface area contributed by atoms with Crippen molar-refractivity contribution in [3.63, 3.8) is 0 Å². The van der Waals surface area contributed by atoms with Crippen molar-refractivity contribution in [3.05, 3.63) is 65.7 Å². The van der Waals surface area contributed by atoms with E-state index in [1.807, 2.05) is 12.1 Å². The molecule has 0 bridgehead atoms. The SMILES string of the molecule is CC(Cc1ccc(O)cc1)NC1CC1c1ccccc1. The molecule has 2 aromatic carbocycles. The highest BCUT2D eigenvalue weighted by molar-refractivity contribution is 5.29. The molecule has 1 saturated carbocycles. The molecule has 1 aliphatic rings. The van der Waals surface area contributed by atoms with Crippen LogP contribution in [0, 0.1) is 0 Å². The van der Waals surface area contributed by atoms with Gasteiger partial charge in [-0.3, -0.25) is 0 Å². The monoisotopic (exact) mass is 267 g/mol. The Hall–Kier alpha value is -1.80. The van der Waals surface area contributed by atoms with E-state index in [-0.39, 0.29) is 0 Å². The lowest BCUT2D eigenvalue weighted by Gasteiger charge is -2.14. The average molecular weight is 267 g/mol. The van der Waals surface area contributed by atoms with E-state index in [0.29, 0.717) is 23.8 Å². The summed E-state index contributed by atoms with van der Waals surface area (Å²) in [6.07, 6.45) is 2.24. The van der Waals surface area contributed by atoms with Crippen molar-refractivity contribution in [2.24, 2.45) is 0 Å². The maximum atomic E-state index is 9.29. The van der Waals surface area contributed by atoms with Gasteiger partial charge in [0, 0.05) is 18.0 Å². The molecule has 20 heavy (non-hydrogen) atoms. The zero-order valence-corrected chi connectivity index (χ0v) is 11.8. The first kappa shape index (κ1) is 13.2. The number of benzene rings is 2. The summed E-state index contributed by atoms with van der Waals surface area (Å²) >= 11 is 0. The lowest BCUT2D eigenvalue weighted by atomic mass is 10.1. The van der Waals surface area contributed by atoms with Crippen molar-refractivity contribution in [1.82, 2.24) is 5.32 Å². The smallest absolute Gasteiger partial charge is 0.115 e. The Morgan fingerprint density at radius 2 is 1.80 bits per heavy atom. The zero-order chi connectivity index (χ0) is 13.9. The quantitative estimate of drug-likeness (QED) is 0.869. The summed E-state index contributed by atoms with van der Waals surface area (Å²) < 4.78 is 0. The standard InChI is InChI=1S/C18H21NO/c1-13(11-14-7-9-16(20)10-8-14)19-18-12-17(18)15-5-3-2-4-6-15/h2-10,13,17-20H,11-12H2,1H3. The third-order valence-electron chi connectivity index (χ3n) is 3.99. The van der Waals surface area contributed by atoms with E-state index >= 15 is 0 Å². The molecule has 1 fully saturated rings. The Morgan fingerprint density at radius 1 is 1.10 bits per heavy atom. The molecular weight excluding hydrogens is 246 g/mol. The number of hydrogen-bond donors (Lipinski definition) is 2. The van der Waals surface area contributed by atoms with Crippen LogP contribution in [-0.4, -0.2) is 17.2 Å². The molecule has 0 radical (unpaired) electrons. The molecule has 2 N–H and O–H groups in total. The number of rotatable bonds is 5. The maximum absolute atomic E-state index is 9.29. The van der Waals surface area contributed by atoms with Gasteiger partial charge < -0.3 is 10.4 Å². The molecule has 3 rings (SSSR count). The third-order valence-corrected chi connectivity index (χ3v) is 3.99. The van der Waals surface area contributed by atoms with Gasteiger partial charge in [0.15, 0.2) is 0 Å². The van der Waals surface area contributed by atoms with Crippen LogP contribution in [0.1, 0.15) is 30.4 Å². The minimum atomic E-state index is 0.334. The first-order valence-corrected chi connectivity index (χ1v) is 7.31. The van der Waals surface area contributed by atoms with Gasteiger partial charge in [0.2, 0.25) is 0 Å². The summed E-state index contributed by atoms with van der Waals surface area (Å²) in [5, 5.41) is 13.0. The van der Waals surface area contributed by atoms with E-state index in [1.165, 1.54) is 17.5 Å². The molecule has 0 aromatic heterocycles. The van der Waals surface area contributed by atoms with Crippen LogP contribution < -0.4 is 5.32 Å². The molecule has 0 spiro atoms. The van der Waals surface area contributed by atoms with Crippen molar-refractivity contribution in [3.8, 4) is 5.75 Å². The van der Waals surface area contributed by atoms with Crippen LogP contribution in [0.15, 0.2) is 54.6 Å². The second-order valence-electron chi connectivity index (χ2n) is 5.80. The van der Waals surface area contributed by atoms with Crippen LogP contribution in [0.5, 0.6) is 5.75 Å². The van der Waals surface area contributed by atoms with Gasteiger partial charge in [-0.25, -0.2) is 0 Å². The fraction of sp³-hybridized carbons (Fsp3) is 0.333. The van der Waals surface area contributed by atoms with Gasteiger partial charge in [-0.15, -0.1) is 0 Å². The van der Waals surface area contributed by atoms with Crippen LogP contribution in [0.25, 0.3) is 0 Å². The van der Waals surface area contributed by atoms with Crippen LogP contribution >= 0.6 is 0 Å². The van der Waals surface area contributed by atoms with Crippen LogP contribution in [-0.2, 0) is 6.42 Å². The van der Waals surface area contributed by atoms with Gasteiger partial charge in [-0.2, -0.15) is 0 Å². The van der Waals surface area contributed by atoms with Crippen LogP contribution in [0.3, 0.4) is 0 Å². The van der Waals surface area contributed by atoms with E-state index in [2.05, 4.69) is 42.6 Å². The average Bonchev–Trinajstić information content (AvgIpc) is 3.21. The second kappa shape index (κ2) is 5.68. The minimum absolute atomic E-state index is 0.334. The highest BCUT2D eigenvalue weighted by Crippen LogP contribution is 2.40. The normalized spacial score (nSPS) is 22.4. The number of hydrogen-bond acceptors (Lipinski definition) is 2. The number of aromatic hydroxyl groups is 1. The van der Waals surface area contributed by atoms with E-state index in [1.54, 1.807) is 12.1 Å². The molecule has 0 heterocycles. The van der Waals surface area contributed by atoms with E-state index in [9.17, 15) is 5.11 Å². The van der Waals surface area contributed by atoms with Gasteiger partial charge in [-0.1, -0.05) is 42.5 Å². The third kappa shape index (κ3) is 3.20. The number of phenols is 1. The molecule has 1 aliphatic carbocycles. The highest BCUT2D eigenvalue weighted by atomic mass is 16.3. The van der Waals surface area contributed by atoms with Gasteiger partial charge >= 0.3 is 0 Å². The van der Waals surface area contributed by atoms with Gasteiger partial charge in [0.05, 0.1) is 0 Å². The van der Waals surface area contributed by atoms with Crippen LogP contribution in [0.4, 0.5) is 0 Å². The fourth-order valence-electron chi connectivity index (χ4n) is 2.86. The fourth-order valence-corrected chi connectivity index (χ4v) is 2.86. The predicted molar refractivity (Wildman–Crippen MR) is 82.0 cm³/mol. The van der Waals surface area contributed by atoms with E-state index < -0.39 is 0 Å². The lowest BCUT2D eigenvalue weighted by molar-refractivity contribution is 0.474. The maximum Gasteiger partial charge on any atom is 0.115 e. The Bertz CT molecular complexity index is 549. The Morgan fingerprint density at radius 3 is 2.50 bits per heavy atom. The predicted octanol–water partition coefficient (Wildman–Crippen LogP) is 3.47. The van der Waals surface area contributed by atoms with Crippen molar-refractivity contribution in [1.29, 1.82) is 0 Å². The molecule has 104 valence electrons. The van der Waals surface area contributed by atoms with Crippen molar-refractivity contribution in [2.75, 3.05) is 0 Å². The number of nitrogens with one attached hydrogen (secondary N) is 1. The van der Waals surface area contributed by atoms with Gasteiger partial charge in [0.25, 0.3) is 0 Å². The second-order valence-corrected chi connectivity index (χ2v) is 5.80. The highest BCUT2D eigenvalue weighted by Gasteiger charge is 2.38. The topological polar surface area (TPSA) is 32.3 Å². The molecule has 2 aromatic rings. The van der Waals surface area contributed by atoms with Gasteiger partial charge in [0.1, 0.15) is 5.75 Å². The molecule has 2 heteroatoms. The van der Waals surface area contributed by atoms with E-state index in [4.69, 9.17) is 0 Å². The van der Waals surface area contributed by atoms with Crippen molar-refractivity contribution >= 4 is 0 Å². The summed E-state index contributed by atoms with van der Waals surface area (Å²) in [7, 11) is 0. The first-order chi connectivity index (χ1) is 9.72. The Kier molecular flexibility index (Phi) is 3.75. The molecule has 3 atom stereocenters. The largest absolute Gasteiger partial charge is 0.508 e. The summed E-state index contributed by atoms with van der Waals surface area (Å²) in [5.74, 6) is 1.01. The van der Waals surface area contributed by atoms with Crippen molar-refractivity contribution < 1.29 is 5.11 Å². The van der Waals surface area contributed by atoms with E-state index in [0.717, 1.165) is 6.42 Å². The minimum Gasteiger partial charge on any atom is -0.508 e. The summed E-state index contributed by atoms with van der Waals surface area (Å²) in [6, 6.07) is 19.3. The molecule has 2 nitrogen and oxygen atoms in total. The zero-order valence-electron chi connectivity index (χ0n) is 11.8. The molecule has 0 amide bonds. The summed E-state index contributed by atoms with van der Waals surface area (Å²) in [4.78, 5) is 0. The Balaban J connectivity index is 1.51. The Labute approximate surface area is 120 Å². The first-order valence-electron chi connectivity index (χ1n) is 7.31. The molecular formula is C18H21NO. The molecule has 0 aliphatic heterocycles.